The minimum absolute atomic E-state index is 0.0100. The number of hydrogen-bond acceptors (Lipinski definition) is 7. The highest BCUT2D eigenvalue weighted by Crippen LogP contribution is 2.19. The van der Waals surface area contributed by atoms with Gasteiger partial charge in [0.05, 0.1) is 4.92 Å². The molecular formula is C11H9N5O4. The van der Waals surface area contributed by atoms with Gasteiger partial charge in [-0.05, 0) is 28.0 Å². The Hall–Kier alpha value is -3.10. The second kappa shape index (κ2) is 5.69. The van der Waals surface area contributed by atoms with Crippen LogP contribution in [0.1, 0.15) is 12.5 Å². The molecule has 9 heteroatoms. The zero-order valence-electron chi connectivity index (χ0n) is 10.3. The maximum Gasteiger partial charge on any atom is 0.269 e. The molecule has 2 aromatic rings. The quantitative estimate of drug-likeness (QED) is 0.514. The molecule has 20 heavy (non-hydrogen) atoms. The van der Waals surface area contributed by atoms with Gasteiger partial charge in [0.1, 0.15) is 0 Å². The molecule has 102 valence electrons. The average molecular weight is 275 g/mol. The molecule has 1 N–H and O–H groups in total. The zero-order chi connectivity index (χ0) is 14.5. The van der Waals surface area contributed by atoms with E-state index in [1.165, 1.54) is 37.4 Å². The third-order valence-electron chi connectivity index (χ3n) is 2.21. The van der Waals surface area contributed by atoms with E-state index in [1.807, 2.05) is 0 Å². The van der Waals surface area contributed by atoms with Crippen LogP contribution < -0.4 is 5.32 Å². The predicted octanol–water partition coefficient (Wildman–Crippen LogP) is 1.69. The van der Waals surface area contributed by atoms with Crippen LogP contribution in [0.3, 0.4) is 0 Å². The van der Waals surface area contributed by atoms with E-state index in [1.54, 1.807) is 0 Å². The fourth-order valence-corrected chi connectivity index (χ4v) is 1.33. The summed E-state index contributed by atoms with van der Waals surface area (Å²) >= 11 is 0. The number of non-ortho nitro benzene ring substituents is 1. The Bertz CT molecular complexity index is 662. The first-order valence-electron chi connectivity index (χ1n) is 5.45. The van der Waals surface area contributed by atoms with Gasteiger partial charge in [-0.3, -0.25) is 14.9 Å². The lowest BCUT2D eigenvalue weighted by Crippen LogP contribution is -2.05. The number of nitro groups is 1. The Labute approximate surface area is 112 Å². The number of carbonyl (C=O) groups excluding carboxylic acids is 1. The molecule has 0 saturated heterocycles. The van der Waals surface area contributed by atoms with Crippen molar-refractivity contribution in [1.82, 2.24) is 10.3 Å². The fraction of sp³-hybridized carbons (Fsp3) is 0.0909. The molecule has 0 saturated carbocycles. The second-order valence-electron chi connectivity index (χ2n) is 3.72. The van der Waals surface area contributed by atoms with Crippen molar-refractivity contribution in [1.29, 1.82) is 0 Å². The molecule has 0 unspecified atom stereocenters. The van der Waals surface area contributed by atoms with Gasteiger partial charge in [-0.15, -0.1) is 0 Å². The van der Waals surface area contributed by atoms with Crippen LogP contribution in [-0.2, 0) is 4.79 Å². The van der Waals surface area contributed by atoms with Crippen LogP contribution in [0, 0.1) is 10.1 Å². The Morgan fingerprint density at radius 2 is 2.10 bits per heavy atom. The van der Waals surface area contributed by atoms with E-state index in [0.717, 1.165) is 0 Å². The molecule has 0 aliphatic carbocycles. The lowest BCUT2D eigenvalue weighted by Gasteiger charge is -1.95. The van der Waals surface area contributed by atoms with Crippen molar-refractivity contribution < 1.29 is 14.3 Å². The van der Waals surface area contributed by atoms with Crippen LogP contribution in [-0.4, -0.2) is 27.4 Å². The molecule has 2 rings (SSSR count). The Morgan fingerprint density at radius 1 is 1.40 bits per heavy atom. The zero-order valence-corrected chi connectivity index (χ0v) is 10.3. The molecule has 0 aliphatic rings. The van der Waals surface area contributed by atoms with Gasteiger partial charge >= 0.3 is 0 Å². The number of benzene rings is 1. The Kier molecular flexibility index (Phi) is 3.80. The van der Waals surface area contributed by atoms with Crippen LogP contribution in [0.5, 0.6) is 0 Å². The Balaban J connectivity index is 2.15. The second-order valence-corrected chi connectivity index (χ2v) is 3.72. The van der Waals surface area contributed by atoms with Crippen molar-refractivity contribution in [3.05, 3.63) is 39.9 Å². The van der Waals surface area contributed by atoms with Crippen LogP contribution in [0.15, 0.2) is 33.9 Å². The summed E-state index contributed by atoms with van der Waals surface area (Å²) in [6.45, 7) is 1.32. The summed E-state index contributed by atoms with van der Waals surface area (Å²) in [5.74, 6) is -0.110. The topological polar surface area (TPSA) is 124 Å². The maximum atomic E-state index is 10.9. The van der Waals surface area contributed by atoms with Crippen molar-refractivity contribution in [3.8, 4) is 0 Å². The highest BCUT2D eigenvalue weighted by atomic mass is 16.6. The Morgan fingerprint density at radius 3 is 2.70 bits per heavy atom. The van der Waals surface area contributed by atoms with Crippen molar-refractivity contribution in [2.45, 2.75) is 6.92 Å². The van der Waals surface area contributed by atoms with Crippen LogP contribution in [0.4, 0.5) is 17.3 Å². The molecule has 1 aromatic heterocycles. The average Bonchev–Trinajstić information content (AvgIpc) is 2.83. The fourth-order valence-electron chi connectivity index (χ4n) is 1.33. The first-order chi connectivity index (χ1) is 9.56. The van der Waals surface area contributed by atoms with Gasteiger partial charge in [-0.1, -0.05) is 0 Å². The predicted molar refractivity (Wildman–Crippen MR) is 69.0 cm³/mol. The highest BCUT2D eigenvalue weighted by molar-refractivity contribution is 5.91. The lowest BCUT2D eigenvalue weighted by molar-refractivity contribution is -0.384. The van der Waals surface area contributed by atoms with Gasteiger partial charge in [0, 0.05) is 25.3 Å². The first-order valence-corrected chi connectivity index (χ1v) is 5.45. The van der Waals surface area contributed by atoms with E-state index >= 15 is 0 Å². The van der Waals surface area contributed by atoms with Gasteiger partial charge in [0.2, 0.25) is 17.5 Å². The summed E-state index contributed by atoms with van der Waals surface area (Å²) < 4.78 is 4.47. The number of aliphatic imine (C=N–C) groups is 1. The van der Waals surface area contributed by atoms with E-state index < -0.39 is 4.92 Å². The number of rotatable bonds is 4. The summed E-state index contributed by atoms with van der Waals surface area (Å²) in [5.41, 5.74) is 0.622. The molecule has 1 heterocycles. The minimum Gasteiger partial charge on any atom is -0.305 e. The number of hydrogen-bond donors (Lipinski definition) is 1. The van der Waals surface area contributed by atoms with Gasteiger partial charge < -0.3 is 5.32 Å². The smallest absolute Gasteiger partial charge is 0.269 e. The summed E-state index contributed by atoms with van der Waals surface area (Å²) in [6.07, 6.45) is 1.43. The number of nitro benzene ring substituents is 1. The van der Waals surface area contributed by atoms with Crippen molar-refractivity contribution in [2.75, 3.05) is 5.32 Å². The number of anilines is 1. The van der Waals surface area contributed by atoms with Crippen molar-refractivity contribution in [3.63, 3.8) is 0 Å². The van der Waals surface area contributed by atoms with Crippen LogP contribution in [0.25, 0.3) is 0 Å². The van der Waals surface area contributed by atoms with Gasteiger partial charge in [0.15, 0.2) is 0 Å². The monoisotopic (exact) mass is 275 g/mol. The third kappa shape index (κ3) is 3.22. The van der Waals surface area contributed by atoms with E-state index in [-0.39, 0.29) is 23.2 Å². The largest absolute Gasteiger partial charge is 0.305 e. The summed E-state index contributed by atoms with van der Waals surface area (Å²) in [5, 5.41) is 19.9. The van der Waals surface area contributed by atoms with Crippen LogP contribution in [0.2, 0.25) is 0 Å². The molecule has 1 aromatic carbocycles. The molecule has 1 amide bonds. The number of aromatic nitrogens is 2. The van der Waals surface area contributed by atoms with E-state index in [0.29, 0.717) is 5.56 Å². The molecule has 9 nitrogen and oxygen atoms in total. The van der Waals surface area contributed by atoms with E-state index in [4.69, 9.17) is 0 Å². The SMILES string of the molecule is CC(=O)Nc1nonc1N=Cc1ccc([N+](=O)[O-])cc1. The van der Waals surface area contributed by atoms with Gasteiger partial charge in [0.25, 0.3) is 5.69 Å². The van der Waals surface area contributed by atoms with E-state index in [9.17, 15) is 14.9 Å². The number of amides is 1. The number of carbonyl (C=O) groups is 1. The molecule has 0 atom stereocenters. The number of nitrogens with zero attached hydrogens (tertiary/aromatic N) is 4. The molecule has 0 spiro atoms. The van der Waals surface area contributed by atoms with Gasteiger partial charge in [-0.25, -0.2) is 9.62 Å². The van der Waals surface area contributed by atoms with Crippen LogP contribution >= 0.6 is 0 Å². The maximum absolute atomic E-state index is 10.9. The lowest BCUT2D eigenvalue weighted by atomic mass is 10.2. The normalized spacial score (nSPS) is 10.7. The third-order valence-corrected chi connectivity index (χ3v) is 2.21. The summed E-state index contributed by atoms with van der Waals surface area (Å²) in [6, 6.07) is 5.79. The van der Waals surface area contributed by atoms with Crippen molar-refractivity contribution in [2.24, 2.45) is 4.99 Å². The highest BCUT2D eigenvalue weighted by Gasteiger charge is 2.09. The summed E-state index contributed by atoms with van der Waals surface area (Å²) in [4.78, 5) is 24.9. The number of nitrogens with one attached hydrogen (secondary N) is 1. The molecule has 0 bridgehead atoms. The molecule has 0 fully saturated rings. The van der Waals surface area contributed by atoms with Gasteiger partial charge in [-0.2, -0.15) is 0 Å². The standard InChI is InChI=1S/C11H9N5O4/c1-7(17)13-11-10(14-20-15-11)12-6-8-2-4-9(5-3-8)16(18)19/h2-6H,1H3,(H,13,15,17). The molecule has 0 radical (unpaired) electrons. The summed E-state index contributed by atoms with van der Waals surface area (Å²) in [7, 11) is 0. The van der Waals surface area contributed by atoms with Crippen molar-refractivity contribution >= 4 is 29.4 Å². The first kappa shape index (κ1) is 13.3. The minimum atomic E-state index is -0.489. The molecule has 0 aliphatic heterocycles. The molecular weight excluding hydrogens is 266 g/mol. The van der Waals surface area contributed by atoms with E-state index in [2.05, 4.69) is 25.3 Å².